The molecule has 0 aromatic heterocycles. The Hall–Kier alpha value is -1.62. The van der Waals surface area contributed by atoms with Gasteiger partial charge in [0.1, 0.15) is 0 Å². The highest BCUT2D eigenvalue weighted by Crippen LogP contribution is 2.16. The Balaban J connectivity index is 1.88. The predicted octanol–water partition coefficient (Wildman–Crippen LogP) is 0.899. The van der Waals surface area contributed by atoms with Crippen molar-refractivity contribution in [3.63, 3.8) is 0 Å². The average Bonchev–Trinajstić information content (AvgIpc) is 2.84. The number of carbonyl (C=O) groups excluding carboxylic acids is 1. The largest absolute Gasteiger partial charge is 0.505 e. The number of nitrogens with one attached hydrogen (secondary N) is 2. The molecule has 1 saturated heterocycles. The number of phenols is 1. The first kappa shape index (κ1) is 11.9. The quantitative estimate of drug-likeness (QED) is 0.733. The summed E-state index contributed by atoms with van der Waals surface area (Å²) >= 11 is 0. The molecular formula is C12H15FN2O2. The van der Waals surface area contributed by atoms with Gasteiger partial charge in [-0.15, -0.1) is 0 Å². The number of hydrogen-bond acceptors (Lipinski definition) is 3. The summed E-state index contributed by atoms with van der Waals surface area (Å²) in [7, 11) is 0. The van der Waals surface area contributed by atoms with Crippen LogP contribution in [0.3, 0.4) is 0 Å². The summed E-state index contributed by atoms with van der Waals surface area (Å²) in [6.07, 6.45) is 1.85. The van der Waals surface area contributed by atoms with Crippen LogP contribution in [0.5, 0.6) is 5.75 Å². The molecule has 0 spiro atoms. The van der Waals surface area contributed by atoms with E-state index in [0.717, 1.165) is 19.4 Å². The van der Waals surface area contributed by atoms with Crippen molar-refractivity contribution in [2.75, 3.05) is 6.54 Å². The highest BCUT2D eigenvalue weighted by atomic mass is 19.1. The molecule has 0 bridgehead atoms. The number of aromatic hydroxyl groups is 1. The minimum absolute atomic E-state index is 0.0593. The Labute approximate surface area is 98.8 Å². The lowest BCUT2D eigenvalue weighted by molar-refractivity contribution is -0.122. The van der Waals surface area contributed by atoms with Gasteiger partial charge in [0.25, 0.3) is 0 Å². The van der Waals surface area contributed by atoms with Gasteiger partial charge in [0.05, 0.1) is 6.04 Å². The van der Waals surface area contributed by atoms with E-state index in [1.165, 1.54) is 12.1 Å². The van der Waals surface area contributed by atoms with Gasteiger partial charge in [-0.3, -0.25) is 4.79 Å². The van der Waals surface area contributed by atoms with Crippen LogP contribution in [-0.4, -0.2) is 23.6 Å². The summed E-state index contributed by atoms with van der Waals surface area (Å²) in [6.45, 7) is 1.14. The maximum Gasteiger partial charge on any atom is 0.237 e. The van der Waals surface area contributed by atoms with Crippen molar-refractivity contribution in [1.29, 1.82) is 0 Å². The van der Waals surface area contributed by atoms with E-state index in [2.05, 4.69) is 10.6 Å². The average molecular weight is 238 g/mol. The summed E-state index contributed by atoms with van der Waals surface area (Å²) in [6, 6.07) is 3.96. The molecule has 1 heterocycles. The van der Waals surface area contributed by atoms with Crippen LogP contribution in [0.4, 0.5) is 4.39 Å². The minimum Gasteiger partial charge on any atom is -0.505 e. The Bertz CT molecular complexity index is 417. The monoisotopic (exact) mass is 238 g/mol. The van der Waals surface area contributed by atoms with Crippen molar-refractivity contribution in [3.8, 4) is 5.75 Å². The zero-order valence-electron chi connectivity index (χ0n) is 9.37. The molecule has 1 amide bonds. The zero-order chi connectivity index (χ0) is 12.3. The summed E-state index contributed by atoms with van der Waals surface area (Å²) in [4.78, 5) is 11.7. The van der Waals surface area contributed by atoms with E-state index in [0.29, 0.717) is 5.56 Å². The third-order valence-electron chi connectivity index (χ3n) is 2.86. The lowest BCUT2D eigenvalue weighted by Crippen LogP contribution is -2.39. The van der Waals surface area contributed by atoms with Crippen LogP contribution in [0, 0.1) is 5.82 Å². The minimum atomic E-state index is -0.671. The van der Waals surface area contributed by atoms with Crippen molar-refractivity contribution >= 4 is 5.91 Å². The number of rotatable bonds is 3. The molecule has 0 radical (unpaired) electrons. The molecule has 1 aliphatic rings. The molecular weight excluding hydrogens is 223 g/mol. The second-order valence-electron chi connectivity index (χ2n) is 4.15. The first-order valence-electron chi connectivity index (χ1n) is 5.65. The van der Waals surface area contributed by atoms with Crippen LogP contribution >= 0.6 is 0 Å². The van der Waals surface area contributed by atoms with E-state index in [-0.39, 0.29) is 24.2 Å². The molecule has 1 aromatic rings. The van der Waals surface area contributed by atoms with Crippen molar-refractivity contribution < 1.29 is 14.3 Å². The van der Waals surface area contributed by atoms with Crippen molar-refractivity contribution in [3.05, 3.63) is 29.6 Å². The van der Waals surface area contributed by atoms with E-state index < -0.39 is 5.82 Å². The van der Waals surface area contributed by atoms with E-state index in [4.69, 9.17) is 5.11 Å². The molecule has 92 valence electrons. The summed E-state index contributed by atoms with van der Waals surface area (Å²) in [5.74, 6) is -1.11. The topological polar surface area (TPSA) is 61.4 Å². The highest BCUT2D eigenvalue weighted by molar-refractivity contribution is 5.81. The third-order valence-corrected chi connectivity index (χ3v) is 2.86. The Morgan fingerprint density at radius 1 is 1.59 bits per heavy atom. The molecule has 1 fully saturated rings. The maximum absolute atomic E-state index is 13.0. The van der Waals surface area contributed by atoms with Crippen LogP contribution in [-0.2, 0) is 11.3 Å². The zero-order valence-corrected chi connectivity index (χ0v) is 9.37. The number of halogens is 1. The van der Waals surface area contributed by atoms with Crippen LogP contribution < -0.4 is 10.6 Å². The second kappa shape index (κ2) is 5.14. The molecule has 1 aromatic carbocycles. The first-order valence-corrected chi connectivity index (χ1v) is 5.65. The Morgan fingerprint density at radius 3 is 3.06 bits per heavy atom. The molecule has 0 saturated carbocycles. The van der Waals surface area contributed by atoms with Crippen LogP contribution in [0.15, 0.2) is 18.2 Å². The molecule has 1 unspecified atom stereocenters. The smallest absolute Gasteiger partial charge is 0.237 e. The SMILES string of the molecule is O=C(NCc1ccc(O)c(F)c1)C1CCCN1. The van der Waals surface area contributed by atoms with Crippen LogP contribution in [0.1, 0.15) is 18.4 Å². The summed E-state index contributed by atoms with van der Waals surface area (Å²) in [5.41, 5.74) is 0.631. The van der Waals surface area contributed by atoms with Gasteiger partial charge in [-0.05, 0) is 37.1 Å². The molecule has 17 heavy (non-hydrogen) atoms. The number of hydrogen-bond donors (Lipinski definition) is 3. The Morgan fingerprint density at radius 2 is 2.41 bits per heavy atom. The van der Waals surface area contributed by atoms with Gasteiger partial charge in [0.15, 0.2) is 11.6 Å². The number of amides is 1. The molecule has 1 aliphatic heterocycles. The van der Waals surface area contributed by atoms with Crippen molar-refractivity contribution in [2.45, 2.75) is 25.4 Å². The van der Waals surface area contributed by atoms with E-state index >= 15 is 0 Å². The number of carbonyl (C=O) groups is 1. The van der Waals surface area contributed by atoms with Crippen molar-refractivity contribution in [1.82, 2.24) is 10.6 Å². The summed E-state index contributed by atoms with van der Waals surface area (Å²) in [5, 5.41) is 14.8. The molecule has 1 atom stereocenters. The molecule has 5 heteroatoms. The fourth-order valence-electron chi connectivity index (χ4n) is 1.88. The molecule has 0 aliphatic carbocycles. The van der Waals surface area contributed by atoms with Crippen LogP contribution in [0.2, 0.25) is 0 Å². The molecule has 3 N–H and O–H groups in total. The second-order valence-corrected chi connectivity index (χ2v) is 4.15. The van der Waals surface area contributed by atoms with E-state index in [1.807, 2.05) is 0 Å². The standard InChI is InChI=1S/C12H15FN2O2/c13-9-6-8(3-4-11(9)16)7-15-12(17)10-2-1-5-14-10/h3-4,6,10,14,16H,1-2,5,7H2,(H,15,17). The summed E-state index contributed by atoms with van der Waals surface area (Å²) < 4.78 is 13.0. The Kier molecular flexibility index (Phi) is 3.58. The van der Waals surface area contributed by atoms with Gasteiger partial charge in [0, 0.05) is 6.54 Å². The predicted molar refractivity (Wildman–Crippen MR) is 60.9 cm³/mol. The number of phenolic OH excluding ortho intramolecular Hbond substituents is 1. The molecule has 4 nitrogen and oxygen atoms in total. The van der Waals surface area contributed by atoms with Crippen molar-refractivity contribution in [2.24, 2.45) is 0 Å². The van der Waals surface area contributed by atoms with Gasteiger partial charge in [-0.25, -0.2) is 4.39 Å². The lowest BCUT2D eigenvalue weighted by Gasteiger charge is -2.11. The van der Waals surface area contributed by atoms with Crippen LogP contribution in [0.25, 0.3) is 0 Å². The third kappa shape index (κ3) is 2.94. The maximum atomic E-state index is 13.0. The molecule has 2 rings (SSSR count). The van der Waals surface area contributed by atoms with Gasteiger partial charge in [0.2, 0.25) is 5.91 Å². The van der Waals surface area contributed by atoms with E-state index in [1.54, 1.807) is 6.07 Å². The van der Waals surface area contributed by atoms with Gasteiger partial charge in [-0.2, -0.15) is 0 Å². The van der Waals surface area contributed by atoms with Gasteiger partial charge < -0.3 is 15.7 Å². The lowest BCUT2D eigenvalue weighted by atomic mass is 10.2. The fraction of sp³-hybridized carbons (Fsp3) is 0.417. The normalized spacial score (nSPS) is 19.2. The fourth-order valence-corrected chi connectivity index (χ4v) is 1.88. The van der Waals surface area contributed by atoms with Gasteiger partial charge in [-0.1, -0.05) is 6.07 Å². The highest BCUT2D eigenvalue weighted by Gasteiger charge is 2.21. The van der Waals surface area contributed by atoms with E-state index in [9.17, 15) is 9.18 Å². The first-order chi connectivity index (χ1) is 8.16. The van der Waals surface area contributed by atoms with Gasteiger partial charge >= 0.3 is 0 Å². The number of benzene rings is 1.